The van der Waals surface area contributed by atoms with Crippen molar-refractivity contribution in [3.63, 3.8) is 0 Å². The zero-order valence-electron chi connectivity index (χ0n) is 39.2. The average Bonchev–Trinajstić information content (AvgIpc) is 3.93. The van der Waals surface area contributed by atoms with Crippen molar-refractivity contribution >= 4 is 62.5 Å². The number of likely N-dealkylation sites (tertiary alicyclic amines) is 1. The van der Waals surface area contributed by atoms with E-state index in [9.17, 15) is 19.5 Å². The van der Waals surface area contributed by atoms with Crippen molar-refractivity contribution < 1.29 is 28.6 Å². The number of phenolic OH excluding ortho intramolecular Hbond substituents is 1. The van der Waals surface area contributed by atoms with E-state index in [1.165, 1.54) is 6.07 Å². The van der Waals surface area contributed by atoms with Gasteiger partial charge in [-0.15, -0.1) is 6.42 Å². The summed E-state index contributed by atoms with van der Waals surface area (Å²) in [6.45, 7) is 10.2. The lowest BCUT2D eigenvalue weighted by Crippen LogP contribution is -2.52. The molecule has 12 rings (SSSR count). The molecular formula is C54H57ClFN9O5. The summed E-state index contributed by atoms with van der Waals surface area (Å²) in [5.41, 5.74) is 3.87. The number of nitrogens with zero attached hydrogens (tertiary/aromatic N) is 7. The molecule has 1 aromatic heterocycles. The molecule has 7 heterocycles. The summed E-state index contributed by atoms with van der Waals surface area (Å²) in [5.74, 6) is 2.52. The van der Waals surface area contributed by atoms with Crippen LogP contribution in [0.3, 0.4) is 0 Å². The van der Waals surface area contributed by atoms with Gasteiger partial charge in [-0.1, -0.05) is 29.7 Å². The summed E-state index contributed by atoms with van der Waals surface area (Å²) in [6, 6.07) is 16.5. The molecule has 14 nitrogen and oxygen atoms in total. The maximum atomic E-state index is 17.4. The average molecular weight is 967 g/mol. The Morgan fingerprint density at radius 2 is 1.67 bits per heavy atom. The molecule has 2 unspecified atom stereocenters. The van der Waals surface area contributed by atoms with Crippen LogP contribution in [0.4, 0.5) is 15.9 Å². The quantitative estimate of drug-likeness (QED) is 0.101. The molecule has 4 aromatic carbocycles. The molecule has 2 bridgehead atoms. The number of terminal acetylenes is 1. The molecule has 1 saturated carbocycles. The minimum Gasteiger partial charge on any atom is -0.508 e. The molecule has 0 spiro atoms. The van der Waals surface area contributed by atoms with Gasteiger partial charge in [0.25, 0.3) is 5.91 Å². The number of phenols is 1. The van der Waals surface area contributed by atoms with E-state index >= 15 is 4.39 Å². The molecule has 3 N–H and O–H groups in total. The van der Waals surface area contributed by atoms with Crippen LogP contribution in [0.1, 0.15) is 72.9 Å². The zero-order valence-corrected chi connectivity index (χ0v) is 39.9. The van der Waals surface area contributed by atoms with Gasteiger partial charge in [0.15, 0.2) is 5.82 Å². The second-order valence-electron chi connectivity index (χ2n) is 20.9. The molecule has 362 valence electrons. The van der Waals surface area contributed by atoms with Crippen LogP contribution in [0.2, 0.25) is 5.02 Å². The first-order chi connectivity index (χ1) is 34.0. The van der Waals surface area contributed by atoms with E-state index in [-0.39, 0.29) is 57.4 Å². The minimum absolute atomic E-state index is 0.0142. The van der Waals surface area contributed by atoms with Crippen LogP contribution in [0.15, 0.2) is 54.6 Å². The van der Waals surface area contributed by atoms with E-state index in [1.54, 1.807) is 23.1 Å². The highest BCUT2D eigenvalue weighted by atomic mass is 35.5. The number of rotatable bonds is 11. The van der Waals surface area contributed by atoms with Crippen LogP contribution in [0.5, 0.6) is 11.8 Å². The summed E-state index contributed by atoms with van der Waals surface area (Å²) in [6.07, 6.45) is 13.1. The molecule has 0 radical (unpaired) electrons. The molecule has 6 aliphatic heterocycles. The summed E-state index contributed by atoms with van der Waals surface area (Å²) < 4.78 is 23.9. The van der Waals surface area contributed by atoms with Crippen molar-refractivity contribution in [3.05, 3.63) is 82.1 Å². The lowest BCUT2D eigenvalue weighted by Gasteiger charge is -2.40. The highest BCUT2D eigenvalue weighted by molar-refractivity contribution is 6.35. The highest BCUT2D eigenvalue weighted by Gasteiger charge is 2.46. The fourth-order valence-electron chi connectivity index (χ4n) is 12.3. The smallest absolute Gasteiger partial charge is 0.319 e. The number of aromatic hydroxyl groups is 1. The Kier molecular flexibility index (Phi) is 11.6. The van der Waals surface area contributed by atoms with Crippen molar-refractivity contribution in [2.45, 2.75) is 76.0 Å². The SMILES string of the molecule is C#Cc1cccc2cc(O)cc(-c3c(Cl)cc4c(N5CC6CCC(C5)N6)nc(OCC5(CN6CCC(CN7CCN(c8ccc9c(c8)CN([C@H]8CCC(=O)NC8=O)C9=O)CC7)CC6)CC5)nc4c3F)c12. The maximum Gasteiger partial charge on any atom is 0.319 e. The number of halogens is 2. The van der Waals surface area contributed by atoms with Gasteiger partial charge in [0.1, 0.15) is 23.1 Å². The van der Waals surface area contributed by atoms with Gasteiger partial charge >= 0.3 is 6.01 Å². The number of piperazine rings is 2. The summed E-state index contributed by atoms with van der Waals surface area (Å²) in [4.78, 5) is 58.7. The second kappa shape index (κ2) is 18.0. The van der Waals surface area contributed by atoms with Crippen LogP contribution >= 0.6 is 11.6 Å². The zero-order chi connectivity index (χ0) is 47.8. The molecule has 5 aromatic rings. The van der Waals surface area contributed by atoms with Gasteiger partial charge in [0.05, 0.1) is 11.6 Å². The predicted molar refractivity (Wildman–Crippen MR) is 267 cm³/mol. The molecule has 3 amide bonds. The Morgan fingerprint density at radius 3 is 2.41 bits per heavy atom. The molecule has 1 aliphatic carbocycles. The molecular weight excluding hydrogens is 909 g/mol. The summed E-state index contributed by atoms with van der Waals surface area (Å²) >= 11 is 7.04. The number of piperidine rings is 2. The normalized spacial score (nSPS) is 23.8. The standard InChI is InChI=1S/C54H57ClFN9O5/c1-2-33-4-3-5-34-23-39(66)24-41(46(33)34)47-43(55)25-42-49(48(47)56)59-53(60-50(42)64-28-36-6-7-37(29-64)57-36)70-31-54(14-15-54)30-62-16-12-32(13-17-62)26-61-18-20-63(21-19-61)38-8-9-40-35(22-38)27-65(52(40)69)44-10-11-45(67)58-51(44)68/h1,3-5,8-9,22-25,32,36-37,44,57,66H,6-7,10-21,26-31H2,(H,58,67,68)/t36?,37?,44-/m0/s1. The Hall–Kier alpha value is -6.05. The van der Waals surface area contributed by atoms with Gasteiger partial charge in [0.2, 0.25) is 11.8 Å². The van der Waals surface area contributed by atoms with E-state index in [2.05, 4.69) is 42.2 Å². The molecule has 6 fully saturated rings. The lowest BCUT2D eigenvalue weighted by atomic mass is 9.93. The Balaban J connectivity index is 0.687. The number of benzene rings is 4. The van der Waals surface area contributed by atoms with Gasteiger partial charge in [-0.2, -0.15) is 9.97 Å². The number of anilines is 2. The first-order valence-corrected chi connectivity index (χ1v) is 25.4. The predicted octanol–water partition coefficient (Wildman–Crippen LogP) is 6.32. The third-order valence-corrected chi connectivity index (χ3v) is 16.5. The van der Waals surface area contributed by atoms with Crippen LogP contribution in [0.25, 0.3) is 32.8 Å². The van der Waals surface area contributed by atoms with E-state index in [0.717, 1.165) is 115 Å². The van der Waals surface area contributed by atoms with Gasteiger partial charge in [-0.3, -0.25) is 24.6 Å². The number of amides is 3. The first kappa shape index (κ1) is 45.1. The monoisotopic (exact) mass is 965 g/mol. The number of imide groups is 1. The minimum atomic E-state index is -0.613. The Bertz CT molecular complexity index is 2990. The van der Waals surface area contributed by atoms with Crippen LogP contribution in [-0.4, -0.2) is 138 Å². The van der Waals surface area contributed by atoms with E-state index in [4.69, 9.17) is 32.7 Å². The molecule has 5 saturated heterocycles. The van der Waals surface area contributed by atoms with Gasteiger partial charge in [0, 0.05) is 116 Å². The van der Waals surface area contributed by atoms with Gasteiger partial charge in [-0.05, 0) is 123 Å². The Labute approximate surface area is 411 Å². The van der Waals surface area contributed by atoms with Crippen LogP contribution in [0, 0.1) is 29.5 Å². The highest BCUT2D eigenvalue weighted by Crippen LogP contribution is 2.48. The molecule has 70 heavy (non-hydrogen) atoms. The number of nitrogens with one attached hydrogen (secondary N) is 2. The second-order valence-corrected chi connectivity index (χ2v) is 21.3. The Morgan fingerprint density at radius 1 is 0.886 bits per heavy atom. The molecule has 16 heteroatoms. The van der Waals surface area contributed by atoms with Crippen molar-refractivity contribution in [1.82, 2.24) is 35.3 Å². The number of ether oxygens (including phenoxy) is 1. The van der Waals surface area contributed by atoms with Crippen molar-refractivity contribution in [2.75, 3.05) is 81.9 Å². The number of hydrogen-bond acceptors (Lipinski definition) is 12. The van der Waals surface area contributed by atoms with Gasteiger partial charge in [-0.25, -0.2) is 4.39 Å². The van der Waals surface area contributed by atoms with E-state index in [1.807, 2.05) is 24.3 Å². The number of aromatic nitrogens is 2. The fraction of sp³-hybridized carbons (Fsp3) is 0.463. The topological polar surface area (TPSA) is 147 Å². The van der Waals surface area contributed by atoms with Crippen molar-refractivity contribution in [2.24, 2.45) is 11.3 Å². The lowest BCUT2D eigenvalue weighted by molar-refractivity contribution is -0.136. The molecule has 3 atom stereocenters. The number of fused-ring (bicyclic) bond motifs is 5. The van der Waals surface area contributed by atoms with Crippen molar-refractivity contribution in [3.8, 4) is 35.2 Å². The van der Waals surface area contributed by atoms with Crippen molar-refractivity contribution in [1.29, 1.82) is 0 Å². The largest absolute Gasteiger partial charge is 0.508 e. The van der Waals surface area contributed by atoms with E-state index in [0.29, 0.717) is 76.2 Å². The third-order valence-electron chi connectivity index (χ3n) is 16.2. The van der Waals surface area contributed by atoms with E-state index < -0.39 is 11.9 Å². The van der Waals surface area contributed by atoms with Crippen LogP contribution in [-0.2, 0) is 16.1 Å². The van der Waals surface area contributed by atoms with Crippen LogP contribution < -0.4 is 25.2 Å². The van der Waals surface area contributed by atoms with Gasteiger partial charge < -0.3 is 34.8 Å². The molecule has 7 aliphatic rings. The number of hydrogen-bond donors (Lipinski definition) is 3. The number of carbonyl (C=O) groups excluding carboxylic acids is 3. The third kappa shape index (κ3) is 8.46. The maximum absolute atomic E-state index is 17.4. The number of carbonyl (C=O) groups is 3. The first-order valence-electron chi connectivity index (χ1n) is 25.0. The summed E-state index contributed by atoms with van der Waals surface area (Å²) in [5, 5.41) is 18.9. The summed E-state index contributed by atoms with van der Waals surface area (Å²) in [7, 11) is 0. The fourth-order valence-corrected chi connectivity index (χ4v) is 12.6.